The molecule has 0 aliphatic carbocycles. The van der Waals surface area contributed by atoms with E-state index in [1.165, 1.54) is 0 Å². The van der Waals surface area contributed by atoms with Crippen LogP contribution in [0.25, 0.3) is 0 Å². The van der Waals surface area contributed by atoms with Crippen molar-refractivity contribution in [2.45, 2.75) is 25.9 Å². The average molecular weight is 302 g/mol. The molecule has 3 heterocycles. The van der Waals surface area contributed by atoms with Crippen molar-refractivity contribution in [1.82, 2.24) is 29.5 Å². The zero-order chi connectivity index (χ0) is 15.5. The van der Waals surface area contributed by atoms with Gasteiger partial charge in [0, 0.05) is 58.2 Å². The molecule has 0 saturated carbocycles. The highest BCUT2D eigenvalue weighted by Crippen LogP contribution is 2.21. The lowest BCUT2D eigenvalue weighted by Gasteiger charge is -2.35. The third-order valence-electron chi connectivity index (χ3n) is 4.04. The van der Waals surface area contributed by atoms with E-state index in [1.807, 2.05) is 46.7 Å². The number of amides is 1. The van der Waals surface area contributed by atoms with E-state index in [4.69, 9.17) is 0 Å². The van der Waals surface area contributed by atoms with Gasteiger partial charge >= 0.3 is 0 Å². The van der Waals surface area contributed by atoms with Gasteiger partial charge in [0.1, 0.15) is 11.9 Å². The first kappa shape index (κ1) is 14.8. The van der Waals surface area contributed by atoms with E-state index >= 15 is 0 Å². The molecule has 7 nitrogen and oxygen atoms in total. The van der Waals surface area contributed by atoms with Gasteiger partial charge < -0.3 is 14.8 Å². The predicted octanol–water partition coefficient (Wildman–Crippen LogP) is 0.488. The molecule has 1 aliphatic rings. The number of nitrogens with one attached hydrogen (secondary N) is 1. The molecule has 0 radical (unpaired) electrons. The van der Waals surface area contributed by atoms with Crippen LogP contribution in [0.2, 0.25) is 0 Å². The quantitative estimate of drug-likeness (QED) is 0.892. The summed E-state index contributed by atoms with van der Waals surface area (Å²) in [6.45, 7) is 4.90. The number of rotatable bonds is 4. The molecule has 1 aliphatic heterocycles. The van der Waals surface area contributed by atoms with Crippen molar-refractivity contribution in [2.24, 2.45) is 7.05 Å². The Balaban J connectivity index is 1.67. The second-order valence-corrected chi connectivity index (χ2v) is 5.73. The van der Waals surface area contributed by atoms with Gasteiger partial charge in [-0.15, -0.1) is 0 Å². The molecule has 1 fully saturated rings. The summed E-state index contributed by atoms with van der Waals surface area (Å²) in [5.41, 5.74) is 1.11. The molecule has 0 bridgehead atoms. The Labute approximate surface area is 129 Å². The van der Waals surface area contributed by atoms with E-state index in [0.717, 1.165) is 24.5 Å². The molecule has 1 saturated heterocycles. The highest BCUT2D eigenvalue weighted by atomic mass is 16.2. The summed E-state index contributed by atoms with van der Waals surface area (Å²) in [6.07, 6.45) is 7.92. The van der Waals surface area contributed by atoms with Crippen LogP contribution in [0.1, 0.15) is 23.9 Å². The van der Waals surface area contributed by atoms with Gasteiger partial charge in [0.05, 0.1) is 6.20 Å². The highest BCUT2D eigenvalue weighted by molar-refractivity contribution is 5.76. The van der Waals surface area contributed by atoms with Crippen molar-refractivity contribution in [1.29, 1.82) is 0 Å². The number of hydrogen-bond acceptors (Lipinski definition) is 4. The number of imidazole rings is 1. The van der Waals surface area contributed by atoms with Crippen LogP contribution in [0.15, 0.2) is 24.8 Å². The fourth-order valence-corrected chi connectivity index (χ4v) is 2.87. The number of carbonyl (C=O) groups excluding carboxylic acids is 1. The maximum Gasteiger partial charge on any atom is 0.225 e. The summed E-state index contributed by atoms with van der Waals surface area (Å²) < 4.78 is 3.81. The van der Waals surface area contributed by atoms with Gasteiger partial charge in [0.25, 0.3) is 0 Å². The van der Waals surface area contributed by atoms with Gasteiger partial charge in [-0.05, 0) is 12.5 Å². The third kappa shape index (κ3) is 3.04. The van der Waals surface area contributed by atoms with Gasteiger partial charge in [0.15, 0.2) is 0 Å². The van der Waals surface area contributed by atoms with Crippen LogP contribution in [-0.2, 0) is 18.4 Å². The molecule has 1 atom stereocenters. The van der Waals surface area contributed by atoms with Crippen molar-refractivity contribution in [3.05, 3.63) is 36.2 Å². The number of aromatic nitrogens is 4. The minimum atomic E-state index is 0.000563. The minimum absolute atomic E-state index is 0.000563. The number of hydrogen-bond donors (Lipinski definition) is 1. The van der Waals surface area contributed by atoms with Crippen molar-refractivity contribution in [2.75, 3.05) is 19.6 Å². The normalized spacial score (nSPS) is 18.6. The van der Waals surface area contributed by atoms with Crippen LogP contribution in [0, 0.1) is 6.92 Å². The first-order chi connectivity index (χ1) is 10.6. The van der Waals surface area contributed by atoms with Gasteiger partial charge in [-0.2, -0.15) is 5.10 Å². The van der Waals surface area contributed by atoms with Gasteiger partial charge in [-0.25, -0.2) is 4.98 Å². The summed E-state index contributed by atoms with van der Waals surface area (Å²) in [7, 11) is 1.96. The fourth-order valence-electron chi connectivity index (χ4n) is 2.87. The summed E-state index contributed by atoms with van der Waals surface area (Å²) in [5, 5.41) is 7.58. The molecule has 0 spiro atoms. The second kappa shape index (κ2) is 6.31. The van der Waals surface area contributed by atoms with Crippen LogP contribution in [-0.4, -0.2) is 49.8 Å². The maximum absolute atomic E-state index is 12.6. The molecule has 2 aromatic heterocycles. The highest BCUT2D eigenvalue weighted by Gasteiger charge is 2.29. The van der Waals surface area contributed by atoms with Crippen LogP contribution in [0.5, 0.6) is 0 Å². The Morgan fingerprint density at radius 2 is 2.36 bits per heavy atom. The fraction of sp³-hybridized carbons (Fsp3) is 0.533. The number of aryl methyl sites for hydroxylation is 3. The van der Waals surface area contributed by atoms with Gasteiger partial charge in [-0.1, -0.05) is 0 Å². The lowest BCUT2D eigenvalue weighted by atomic mass is 10.1. The molecule has 1 N–H and O–H groups in total. The zero-order valence-electron chi connectivity index (χ0n) is 13.1. The smallest absolute Gasteiger partial charge is 0.225 e. The summed E-state index contributed by atoms with van der Waals surface area (Å²) in [6, 6.07) is 0.000563. The topological polar surface area (TPSA) is 68.0 Å². The van der Waals surface area contributed by atoms with Crippen LogP contribution >= 0.6 is 0 Å². The standard InChI is InChI=1S/C15H22N6O/c1-12-9-18-20(11-12)6-3-14(22)21-8-4-16-10-13(21)15-17-5-7-19(15)2/h5,7,9,11,13,16H,3-4,6,8,10H2,1-2H3. The molecule has 1 amide bonds. The Morgan fingerprint density at radius 3 is 3.05 bits per heavy atom. The Hall–Kier alpha value is -2.15. The van der Waals surface area contributed by atoms with Crippen LogP contribution < -0.4 is 5.32 Å². The van der Waals surface area contributed by atoms with Crippen molar-refractivity contribution in [3.63, 3.8) is 0 Å². The van der Waals surface area contributed by atoms with Gasteiger partial charge in [0.2, 0.25) is 5.91 Å². The number of carbonyl (C=O) groups is 1. The molecular formula is C15H22N6O. The SMILES string of the molecule is Cc1cnn(CCC(=O)N2CCNCC2c2nccn2C)c1. The van der Waals surface area contributed by atoms with Gasteiger partial charge in [-0.3, -0.25) is 9.48 Å². The van der Waals surface area contributed by atoms with Crippen molar-refractivity contribution < 1.29 is 4.79 Å². The average Bonchev–Trinajstić information content (AvgIpc) is 3.13. The molecule has 7 heteroatoms. The van der Waals surface area contributed by atoms with E-state index < -0.39 is 0 Å². The van der Waals surface area contributed by atoms with E-state index in [-0.39, 0.29) is 11.9 Å². The van der Waals surface area contributed by atoms with Crippen molar-refractivity contribution in [3.8, 4) is 0 Å². The Morgan fingerprint density at radius 1 is 1.50 bits per heavy atom. The van der Waals surface area contributed by atoms with E-state index in [1.54, 1.807) is 6.20 Å². The molecule has 1 unspecified atom stereocenters. The third-order valence-corrected chi connectivity index (χ3v) is 4.04. The molecule has 22 heavy (non-hydrogen) atoms. The lowest BCUT2D eigenvalue weighted by molar-refractivity contribution is -0.135. The predicted molar refractivity (Wildman–Crippen MR) is 82.1 cm³/mol. The Bertz CT molecular complexity index is 646. The maximum atomic E-state index is 12.6. The van der Waals surface area contributed by atoms with Crippen LogP contribution in [0.3, 0.4) is 0 Å². The number of nitrogens with zero attached hydrogens (tertiary/aromatic N) is 5. The molecular weight excluding hydrogens is 280 g/mol. The lowest BCUT2D eigenvalue weighted by Crippen LogP contribution is -2.49. The van der Waals surface area contributed by atoms with E-state index in [0.29, 0.717) is 19.5 Å². The molecule has 2 aromatic rings. The molecule has 0 aromatic carbocycles. The first-order valence-electron chi connectivity index (χ1n) is 7.61. The summed E-state index contributed by atoms with van der Waals surface area (Å²) in [5.74, 6) is 1.08. The monoisotopic (exact) mass is 302 g/mol. The van der Waals surface area contributed by atoms with Crippen molar-refractivity contribution >= 4 is 5.91 Å². The minimum Gasteiger partial charge on any atom is -0.336 e. The number of piperazine rings is 1. The zero-order valence-corrected chi connectivity index (χ0v) is 13.1. The largest absolute Gasteiger partial charge is 0.336 e. The van der Waals surface area contributed by atoms with Crippen LogP contribution in [0.4, 0.5) is 0 Å². The Kier molecular flexibility index (Phi) is 4.24. The molecule has 3 rings (SSSR count). The second-order valence-electron chi connectivity index (χ2n) is 5.73. The molecule has 118 valence electrons. The van der Waals surface area contributed by atoms with E-state index in [9.17, 15) is 4.79 Å². The van der Waals surface area contributed by atoms with E-state index in [2.05, 4.69) is 15.4 Å². The summed E-state index contributed by atoms with van der Waals surface area (Å²) in [4.78, 5) is 19.0. The summed E-state index contributed by atoms with van der Waals surface area (Å²) >= 11 is 0. The first-order valence-corrected chi connectivity index (χ1v) is 7.61.